The summed E-state index contributed by atoms with van der Waals surface area (Å²) in [5.41, 5.74) is 0.988. The number of likely N-dealkylation sites (N-methyl/N-ethyl adjacent to an activating group) is 1. The second-order valence-corrected chi connectivity index (χ2v) is 7.00. The molecule has 2 rings (SSSR count). The van der Waals surface area contributed by atoms with E-state index in [1.54, 1.807) is 6.92 Å². The number of esters is 1. The van der Waals surface area contributed by atoms with Gasteiger partial charge in [-0.15, -0.1) is 11.3 Å². The number of amides is 3. The van der Waals surface area contributed by atoms with Crippen LogP contribution < -0.4 is 16.0 Å². The molecular formula is C16H21N3O5S. The van der Waals surface area contributed by atoms with E-state index in [2.05, 4.69) is 16.0 Å². The van der Waals surface area contributed by atoms with Crippen LogP contribution in [0.4, 0.5) is 5.00 Å². The maximum absolute atomic E-state index is 12.3. The van der Waals surface area contributed by atoms with Crippen molar-refractivity contribution in [1.82, 2.24) is 10.6 Å². The molecule has 8 nitrogen and oxygen atoms in total. The van der Waals surface area contributed by atoms with E-state index in [1.807, 2.05) is 6.92 Å². The predicted molar refractivity (Wildman–Crippen MR) is 92.5 cm³/mol. The molecule has 0 spiro atoms. The van der Waals surface area contributed by atoms with Crippen molar-refractivity contribution in [3.8, 4) is 0 Å². The number of anilines is 1. The van der Waals surface area contributed by atoms with Crippen LogP contribution in [0, 0.1) is 19.8 Å². The van der Waals surface area contributed by atoms with E-state index >= 15 is 0 Å². The molecule has 1 aliphatic rings. The summed E-state index contributed by atoms with van der Waals surface area (Å²) in [5.74, 6) is -1.69. The van der Waals surface area contributed by atoms with Gasteiger partial charge in [-0.25, -0.2) is 4.79 Å². The molecule has 1 aromatic heterocycles. The first kappa shape index (κ1) is 18.9. The van der Waals surface area contributed by atoms with Gasteiger partial charge in [-0.2, -0.15) is 0 Å². The van der Waals surface area contributed by atoms with Gasteiger partial charge in [-0.3, -0.25) is 14.4 Å². The van der Waals surface area contributed by atoms with Gasteiger partial charge in [0, 0.05) is 17.8 Å². The first-order valence-electron chi connectivity index (χ1n) is 7.88. The zero-order chi connectivity index (χ0) is 18.6. The van der Waals surface area contributed by atoms with Crippen molar-refractivity contribution >= 4 is 40.0 Å². The summed E-state index contributed by atoms with van der Waals surface area (Å²) in [6.07, 6.45) is 1.72. The Morgan fingerprint density at radius 1 is 1.16 bits per heavy atom. The summed E-state index contributed by atoms with van der Waals surface area (Å²) in [6, 6.07) is 0. The highest BCUT2D eigenvalue weighted by molar-refractivity contribution is 7.16. The normalized spacial score (nSPS) is 13.1. The second-order valence-electron chi connectivity index (χ2n) is 5.78. The van der Waals surface area contributed by atoms with E-state index < -0.39 is 18.5 Å². The van der Waals surface area contributed by atoms with Crippen molar-refractivity contribution in [3.05, 3.63) is 16.0 Å². The molecule has 0 bridgehead atoms. The number of thiophene rings is 1. The molecule has 1 saturated carbocycles. The lowest BCUT2D eigenvalue weighted by Crippen LogP contribution is -2.37. The quantitative estimate of drug-likeness (QED) is 0.615. The third-order valence-electron chi connectivity index (χ3n) is 3.83. The Hall–Kier alpha value is -2.42. The summed E-state index contributed by atoms with van der Waals surface area (Å²) >= 11 is 1.31. The Kier molecular flexibility index (Phi) is 6.13. The lowest BCUT2D eigenvalue weighted by Gasteiger charge is -2.08. The van der Waals surface area contributed by atoms with Crippen LogP contribution in [-0.4, -0.2) is 43.9 Å². The lowest BCUT2D eigenvalue weighted by atomic mass is 10.1. The maximum atomic E-state index is 12.3. The molecular weight excluding hydrogens is 346 g/mol. The second kappa shape index (κ2) is 8.11. The molecule has 0 aromatic carbocycles. The van der Waals surface area contributed by atoms with Gasteiger partial charge >= 0.3 is 5.97 Å². The molecule has 1 heterocycles. The molecule has 136 valence electrons. The third kappa shape index (κ3) is 5.02. The molecule has 9 heteroatoms. The van der Waals surface area contributed by atoms with Crippen molar-refractivity contribution in [1.29, 1.82) is 0 Å². The minimum Gasteiger partial charge on any atom is -0.452 e. The summed E-state index contributed by atoms with van der Waals surface area (Å²) in [7, 11) is 1.45. The van der Waals surface area contributed by atoms with Crippen LogP contribution >= 0.6 is 11.3 Å². The van der Waals surface area contributed by atoms with Crippen LogP contribution in [0.5, 0.6) is 0 Å². The van der Waals surface area contributed by atoms with Crippen LogP contribution in [-0.2, 0) is 19.1 Å². The average Bonchev–Trinajstić information content (AvgIpc) is 3.38. The van der Waals surface area contributed by atoms with Gasteiger partial charge in [0.15, 0.2) is 6.61 Å². The van der Waals surface area contributed by atoms with Gasteiger partial charge < -0.3 is 20.7 Å². The number of hydrogen-bond acceptors (Lipinski definition) is 6. The summed E-state index contributed by atoms with van der Waals surface area (Å²) < 4.78 is 5.02. The fourth-order valence-electron chi connectivity index (χ4n) is 2.04. The Labute approximate surface area is 149 Å². The zero-order valence-corrected chi connectivity index (χ0v) is 15.2. The molecule has 0 saturated heterocycles. The number of carbonyl (C=O) groups is 4. The molecule has 3 N–H and O–H groups in total. The highest BCUT2D eigenvalue weighted by Crippen LogP contribution is 2.36. The summed E-state index contributed by atoms with van der Waals surface area (Å²) in [4.78, 5) is 47.9. The van der Waals surface area contributed by atoms with Crippen molar-refractivity contribution < 1.29 is 23.9 Å². The van der Waals surface area contributed by atoms with E-state index in [4.69, 9.17) is 4.74 Å². The molecule has 1 fully saturated rings. The predicted octanol–water partition coefficient (Wildman–Crippen LogP) is 0.732. The number of rotatable bonds is 7. The summed E-state index contributed by atoms with van der Waals surface area (Å²) in [5, 5.41) is 7.92. The first-order chi connectivity index (χ1) is 11.8. The fourth-order valence-corrected chi connectivity index (χ4v) is 3.09. The van der Waals surface area contributed by atoms with Crippen molar-refractivity contribution in [2.24, 2.45) is 5.92 Å². The minimum atomic E-state index is -0.678. The molecule has 0 unspecified atom stereocenters. The zero-order valence-electron chi connectivity index (χ0n) is 14.4. The highest BCUT2D eigenvalue weighted by atomic mass is 32.1. The first-order valence-corrected chi connectivity index (χ1v) is 8.70. The van der Waals surface area contributed by atoms with Gasteiger partial charge in [-0.05, 0) is 32.3 Å². The number of carbonyl (C=O) groups excluding carboxylic acids is 4. The molecule has 25 heavy (non-hydrogen) atoms. The third-order valence-corrected chi connectivity index (χ3v) is 4.96. The minimum absolute atomic E-state index is 0.0158. The van der Waals surface area contributed by atoms with Crippen LogP contribution in [0.3, 0.4) is 0 Å². The molecule has 1 aliphatic carbocycles. The standard InChI is InChI=1S/C16H21N3O5S/c1-8-9(2)25-15(19-14(22)10-4-5-10)13(8)16(23)24-7-12(21)18-6-11(20)17-3/h10H,4-7H2,1-3H3,(H,17,20)(H,18,21)(H,19,22). The number of hydrogen-bond donors (Lipinski definition) is 3. The van der Waals surface area contributed by atoms with E-state index in [1.165, 1.54) is 18.4 Å². The van der Waals surface area contributed by atoms with E-state index in [0.29, 0.717) is 10.6 Å². The van der Waals surface area contributed by atoms with Crippen LogP contribution in [0.2, 0.25) is 0 Å². The Balaban J connectivity index is 1.97. The molecule has 0 radical (unpaired) electrons. The highest BCUT2D eigenvalue weighted by Gasteiger charge is 2.31. The van der Waals surface area contributed by atoms with Crippen LogP contribution in [0.1, 0.15) is 33.6 Å². The van der Waals surface area contributed by atoms with Gasteiger partial charge in [0.25, 0.3) is 5.91 Å². The van der Waals surface area contributed by atoms with E-state index in [-0.39, 0.29) is 29.8 Å². The largest absolute Gasteiger partial charge is 0.452 e. The topological polar surface area (TPSA) is 114 Å². The van der Waals surface area contributed by atoms with Crippen LogP contribution in [0.15, 0.2) is 0 Å². The Morgan fingerprint density at radius 2 is 1.84 bits per heavy atom. The molecule has 1 aromatic rings. The van der Waals surface area contributed by atoms with Gasteiger partial charge in [-0.1, -0.05) is 0 Å². The lowest BCUT2D eigenvalue weighted by molar-refractivity contribution is -0.127. The molecule has 0 atom stereocenters. The summed E-state index contributed by atoms with van der Waals surface area (Å²) in [6.45, 7) is 2.92. The maximum Gasteiger partial charge on any atom is 0.341 e. The van der Waals surface area contributed by atoms with Gasteiger partial charge in [0.2, 0.25) is 11.8 Å². The smallest absolute Gasteiger partial charge is 0.341 e. The fraction of sp³-hybridized carbons (Fsp3) is 0.500. The number of nitrogens with one attached hydrogen (secondary N) is 3. The Morgan fingerprint density at radius 3 is 2.44 bits per heavy atom. The molecule has 3 amide bonds. The van der Waals surface area contributed by atoms with E-state index in [0.717, 1.165) is 17.7 Å². The van der Waals surface area contributed by atoms with Gasteiger partial charge in [0.05, 0.1) is 12.1 Å². The van der Waals surface area contributed by atoms with Gasteiger partial charge in [0.1, 0.15) is 5.00 Å². The number of ether oxygens (including phenoxy) is 1. The number of aryl methyl sites for hydroxylation is 1. The molecule has 0 aliphatic heterocycles. The van der Waals surface area contributed by atoms with Crippen molar-refractivity contribution in [2.45, 2.75) is 26.7 Å². The van der Waals surface area contributed by atoms with Crippen molar-refractivity contribution in [3.63, 3.8) is 0 Å². The van der Waals surface area contributed by atoms with Crippen molar-refractivity contribution in [2.75, 3.05) is 25.5 Å². The SMILES string of the molecule is CNC(=O)CNC(=O)COC(=O)c1c(NC(=O)C2CC2)sc(C)c1C. The monoisotopic (exact) mass is 367 g/mol. The average molecular weight is 367 g/mol. The van der Waals surface area contributed by atoms with E-state index in [9.17, 15) is 19.2 Å². The van der Waals surface area contributed by atoms with Crippen LogP contribution in [0.25, 0.3) is 0 Å². The Bertz CT molecular complexity index is 709.